The van der Waals surface area contributed by atoms with Crippen LogP contribution in [-0.2, 0) is 16.7 Å². The Kier molecular flexibility index (Phi) is 61.0. The third-order valence-corrected chi connectivity index (χ3v) is 10.8. The number of unbranched alkanes of at least 4 members (excludes halogenated alkanes) is 20. The molecule has 53 heavy (non-hydrogen) atoms. The molecule has 0 fully saturated rings. The summed E-state index contributed by atoms with van der Waals surface area (Å²) in [5, 5.41) is 12.7. The van der Waals surface area contributed by atoms with Gasteiger partial charge in [-0.05, 0) is 87.4 Å². The predicted molar refractivity (Wildman–Crippen MR) is 249 cm³/mol. The van der Waals surface area contributed by atoms with Crippen LogP contribution in [0.3, 0.4) is 0 Å². The minimum Gasteiger partial charge on any atom is -0.867 e. The molecule has 13 heteroatoms. The van der Waals surface area contributed by atoms with E-state index >= 15 is 0 Å². The fourth-order valence-electron chi connectivity index (χ4n) is 4.72. The summed E-state index contributed by atoms with van der Waals surface area (Å²) in [6, 6.07) is 0. The Morgan fingerprint density at radius 2 is 0.528 bits per heavy atom. The van der Waals surface area contributed by atoms with E-state index in [1.165, 1.54) is 122 Å². The molecule has 0 heterocycles. The SMILES string of the molecule is CCCCCCCC(=S)OSOC(=S)CCCCCCC.CCCCCCCC(=S)OSOC(=S)CCCCCCC.CCCCCCCC([O-])=S.[Na+]. The molecular weight excluding hydrogens is 808 g/mol. The van der Waals surface area contributed by atoms with Crippen molar-refractivity contribution >= 4 is 111 Å². The van der Waals surface area contributed by atoms with Gasteiger partial charge < -0.3 is 21.8 Å². The van der Waals surface area contributed by atoms with E-state index < -0.39 is 0 Å². The van der Waals surface area contributed by atoms with Crippen LogP contribution in [0, 0.1) is 0 Å². The predicted octanol–water partition coefficient (Wildman–Crippen LogP) is 13.0. The first-order valence-electron chi connectivity index (χ1n) is 20.5. The second-order valence-corrected chi connectivity index (χ2v) is 16.4. The largest absolute Gasteiger partial charge is 1.00 e. The third-order valence-electron chi connectivity index (χ3n) is 7.93. The van der Waals surface area contributed by atoms with Crippen LogP contribution in [0.2, 0.25) is 0 Å². The molecule has 0 bridgehead atoms. The first-order chi connectivity index (χ1) is 25.2. The molecule has 0 saturated heterocycles. The standard InChI is InChI=1S/2C16H30O2S3.C8H16OS.Na/c2*1-3-5-7-9-11-13-15(19)17-21-18-16(20)14-12-10-8-6-4-2;1-2-3-4-5-6-7-8(9)10;/h2*3-14H2,1-2H3;2-7H2,1H3,(H,9,10);/q;;;+1/p-1. The zero-order chi connectivity index (χ0) is 39.3. The van der Waals surface area contributed by atoms with Gasteiger partial charge in [0, 0.05) is 25.7 Å². The van der Waals surface area contributed by atoms with Crippen molar-refractivity contribution in [2.24, 2.45) is 0 Å². The molecule has 0 aromatic rings. The number of hydrogen-bond donors (Lipinski definition) is 0. The summed E-state index contributed by atoms with van der Waals surface area (Å²) in [6.45, 7) is 11.0. The molecule has 0 saturated carbocycles. The van der Waals surface area contributed by atoms with Crippen LogP contribution < -0.4 is 34.7 Å². The van der Waals surface area contributed by atoms with E-state index in [0.29, 0.717) is 26.6 Å². The average Bonchev–Trinajstić information content (AvgIpc) is 3.11. The van der Waals surface area contributed by atoms with Gasteiger partial charge in [0.1, 0.15) is 0 Å². The van der Waals surface area contributed by atoms with Crippen molar-refractivity contribution in [3.8, 4) is 0 Å². The summed E-state index contributed by atoms with van der Waals surface area (Å²) < 4.78 is 21.2. The molecule has 308 valence electrons. The van der Waals surface area contributed by atoms with Crippen LogP contribution in [0.25, 0.3) is 0 Å². The Labute approximate surface area is 386 Å². The van der Waals surface area contributed by atoms with Crippen LogP contribution >= 0.6 is 85.7 Å². The molecule has 0 aliphatic rings. The zero-order valence-electron chi connectivity index (χ0n) is 34.6. The molecule has 0 aliphatic carbocycles. The maximum atomic E-state index is 10.3. The van der Waals surface area contributed by atoms with Crippen molar-refractivity contribution in [3.05, 3.63) is 0 Å². The Balaban J connectivity index is -0.000000358. The second kappa shape index (κ2) is 53.1. The van der Waals surface area contributed by atoms with Gasteiger partial charge >= 0.3 is 29.6 Å². The van der Waals surface area contributed by atoms with Crippen LogP contribution in [0.4, 0.5) is 0 Å². The minimum atomic E-state index is -0.0866. The van der Waals surface area contributed by atoms with Crippen molar-refractivity contribution < 1.29 is 51.4 Å². The van der Waals surface area contributed by atoms with Crippen molar-refractivity contribution in [3.63, 3.8) is 0 Å². The van der Waals surface area contributed by atoms with Gasteiger partial charge in [0.15, 0.2) is 20.2 Å². The summed E-state index contributed by atoms with van der Waals surface area (Å²) in [4.78, 5) is 0. The molecule has 0 spiro atoms. The molecule has 5 nitrogen and oxygen atoms in total. The molecule has 0 rings (SSSR count). The van der Waals surface area contributed by atoms with E-state index in [2.05, 4.69) is 46.8 Å². The normalized spacial score (nSPS) is 10.1. The topological polar surface area (TPSA) is 60.0 Å². The minimum absolute atomic E-state index is 0. The molecule has 0 atom stereocenters. The zero-order valence-corrected chi connectivity index (χ0v) is 42.3. The third kappa shape index (κ3) is 60.0. The first-order valence-corrected chi connectivity index (χ1v) is 23.9. The second-order valence-electron chi connectivity index (χ2n) is 13.2. The van der Waals surface area contributed by atoms with Crippen molar-refractivity contribution in [2.45, 2.75) is 227 Å². The van der Waals surface area contributed by atoms with Gasteiger partial charge in [0.25, 0.3) is 24.6 Å². The summed E-state index contributed by atoms with van der Waals surface area (Å²) in [5.41, 5.74) is 0. The Morgan fingerprint density at radius 3 is 0.717 bits per heavy atom. The van der Waals surface area contributed by atoms with Gasteiger partial charge in [-0.25, -0.2) is 0 Å². The summed E-state index contributed by atoms with van der Waals surface area (Å²) >= 11 is 26.9. The quantitative estimate of drug-likeness (QED) is 0.0268. The van der Waals surface area contributed by atoms with E-state index in [1.807, 2.05) is 0 Å². The monoisotopic (exact) mass is 882 g/mol. The van der Waals surface area contributed by atoms with E-state index in [-0.39, 0.29) is 34.6 Å². The van der Waals surface area contributed by atoms with Crippen LogP contribution in [0.1, 0.15) is 227 Å². The maximum absolute atomic E-state index is 10.3. The van der Waals surface area contributed by atoms with Crippen LogP contribution in [0.5, 0.6) is 0 Å². The van der Waals surface area contributed by atoms with Gasteiger partial charge in [0.05, 0.1) is 0 Å². The first kappa shape index (κ1) is 60.8. The average molecular weight is 883 g/mol. The molecule has 0 aromatic heterocycles. The van der Waals surface area contributed by atoms with Crippen LogP contribution in [0.15, 0.2) is 0 Å². The van der Waals surface area contributed by atoms with E-state index in [1.54, 1.807) is 0 Å². The van der Waals surface area contributed by atoms with Crippen molar-refractivity contribution in [2.75, 3.05) is 0 Å². The van der Waals surface area contributed by atoms with Gasteiger partial charge in [-0.3, -0.25) is 0 Å². The molecule has 0 unspecified atom stereocenters. The Hall–Kier alpha value is 1.15. The van der Waals surface area contributed by atoms with E-state index in [4.69, 9.17) is 65.6 Å². The molecule has 0 radical (unpaired) electrons. The Morgan fingerprint density at radius 1 is 0.340 bits per heavy atom. The molecular formula is C40H75NaO5S7. The molecule has 0 aromatic carbocycles. The summed E-state index contributed by atoms with van der Waals surface area (Å²) in [5.74, 6) is 0. The van der Waals surface area contributed by atoms with E-state index in [0.717, 1.165) is 88.9 Å². The molecule has 0 N–H and O–H groups in total. The van der Waals surface area contributed by atoms with Gasteiger partial charge in [-0.2, -0.15) is 0 Å². The van der Waals surface area contributed by atoms with Crippen LogP contribution in [-0.4, -0.2) is 25.3 Å². The van der Waals surface area contributed by atoms with Gasteiger partial charge in [-0.1, -0.05) is 168 Å². The number of rotatable bonds is 34. The maximum Gasteiger partial charge on any atom is 1.00 e. The van der Waals surface area contributed by atoms with Crippen molar-refractivity contribution in [1.29, 1.82) is 0 Å². The fraction of sp³-hybridized carbons (Fsp3) is 0.875. The van der Waals surface area contributed by atoms with Crippen molar-refractivity contribution in [1.82, 2.24) is 0 Å². The number of thiocarbonyl (C=S) groups is 5. The summed E-state index contributed by atoms with van der Waals surface area (Å²) in [6.07, 6.45) is 34.5. The Bertz CT molecular complexity index is 731. The molecule has 0 aliphatic heterocycles. The number of hydrogen-bond acceptors (Lipinski definition) is 12. The van der Waals surface area contributed by atoms with Gasteiger partial charge in [-0.15, -0.1) is 12.2 Å². The fourth-order valence-corrected chi connectivity index (χ4v) is 6.48. The summed E-state index contributed by atoms with van der Waals surface area (Å²) in [7, 11) is 0. The van der Waals surface area contributed by atoms with E-state index in [9.17, 15) is 5.11 Å². The van der Waals surface area contributed by atoms with Gasteiger partial charge in [0.2, 0.25) is 0 Å². The smallest absolute Gasteiger partial charge is 0.867 e. The molecule has 0 amide bonds.